The zero-order valence-corrected chi connectivity index (χ0v) is 19.0. The van der Waals surface area contributed by atoms with E-state index in [-0.39, 0.29) is 23.5 Å². The van der Waals surface area contributed by atoms with Gasteiger partial charge in [-0.3, -0.25) is 4.79 Å². The maximum atomic E-state index is 14.0. The summed E-state index contributed by atoms with van der Waals surface area (Å²) in [6.07, 6.45) is 4.10. The predicted octanol–water partition coefficient (Wildman–Crippen LogP) is 2.01. The molecular weight excluding hydrogens is 434 g/mol. The van der Waals surface area contributed by atoms with Crippen molar-refractivity contribution in [1.29, 1.82) is 0 Å². The summed E-state index contributed by atoms with van der Waals surface area (Å²) in [7, 11) is 0. The first-order valence-electron chi connectivity index (χ1n) is 12.1. The number of aliphatic hydroxyl groups excluding tert-OH is 1. The second-order valence-electron chi connectivity index (χ2n) is 11.3. The summed E-state index contributed by atoms with van der Waals surface area (Å²) in [4.78, 5) is 34.2. The largest absolute Gasteiger partial charge is 0.386 e. The van der Waals surface area contributed by atoms with E-state index in [9.17, 15) is 19.8 Å². The third-order valence-corrected chi connectivity index (χ3v) is 10.0. The van der Waals surface area contributed by atoms with Crippen molar-refractivity contribution < 1.29 is 24.6 Å². The summed E-state index contributed by atoms with van der Waals surface area (Å²) < 4.78 is 0. The Labute approximate surface area is 196 Å². The summed E-state index contributed by atoms with van der Waals surface area (Å²) >= 11 is 0. The van der Waals surface area contributed by atoms with Crippen LogP contribution in [0.1, 0.15) is 39.0 Å². The fraction of sp³-hybridized carbons (Fsp3) is 0.538. The van der Waals surface area contributed by atoms with Gasteiger partial charge in [-0.05, 0) is 66.4 Å². The van der Waals surface area contributed by atoms with Crippen molar-refractivity contribution in [2.45, 2.75) is 50.7 Å². The minimum Gasteiger partial charge on any atom is -0.386 e. The lowest BCUT2D eigenvalue weighted by molar-refractivity contribution is -0.182. The van der Waals surface area contributed by atoms with Gasteiger partial charge in [0.15, 0.2) is 5.78 Å². The molecule has 34 heavy (non-hydrogen) atoms. The number of aromatic nitrogens is 3. The van der Waals surface area contributed by atoms with Gasteiger partial charge in [-0.1, -0.05) is 42.1 Å². The van der Waals surface area contributed by atoms with Gasteiger partial charge in [-0.25, -0.2) is 4.79 Å². The maximum absolute atomic E-state index is 14.0. The van der Waals surface area contributed by atoms with Crippen LogP contribution in [0.15, 0.2) is 48.1 Å². The van der Waals surface area contributed by atoms with Crippen molar-refractivity contribution in [1.82, 2.24) is 15.2 Å². The van der Waals surface area contributed by atoms with Gasteiger partial charge in [-0.2, -0.15) is 0 Å². The third kappa shape index (κ3) is 2.17. The van der Waals surface area contributed by atoms with E-state index in [0.717, 1.165) is 22.4 Å². The molecule has 2 N–H and O–H groups in total. The number of benzene rings is 1. The minimum absolute atomic E-state index is 0.0744. The number of hydrogen-bond donors (Lipinski definition) is 2. The molecule has 0 amide bonds. The first-order valence-corrected chi connectivity index (χ1v) is 12.1. The van der Waals surface area contributed by atoms with Gasteiger partial charge in [0.25, 0.3) is 0 Å². The Morgan fingerprint density at radius 2 is 2.12 bits per heavy atom. The number of hydrogen-bond acceptors (Lipinski definition) is 7. The lowest BCUT2D eigenvalue weighted by Gasteiger charge is -2.56. The second kappa shape index (κ2) is 6.23. The van der Waals surface area contributed by atoms with Crippen LogP contribution < -0.4 is 4.84 Å². The average Bonchev–Trinajstić information content (AvgIpc) is 3.41. The Morgan fingerprint density at radius 1 is 1.32 bits per heavy atom. The van der Waals surface area contributed by atoms with Crippen LogP contribution in [0.2, 0.25) is 0 Å². The molecule has 4 fully saturated rings. The molecule has 176 valence electrons. The van der Waals surface area contributed by atoms with E-state index >= 15 is 0 Å². The number of ketones is 1. The van der Waals surface area contributed by atoms with Crippen LogP contribution in [0.25, 0.3) is 11.0 Å². The van der Waals surface area contributed by atoms with E-state index in [1.165, 1.54) is 0 Å². The molecule has 2 bridgehead atoms. The Hall–Kier alpha value is -2.84. The van der Waals surface area contributed by atoms with E-state index in [1.807, 2.05) is 19.1 Å². The summed E-state index contributed by atoms with van der Waals surface area (Å²) in [5, 5.41) is 29.9. The van der Waals surface area contributed by atoms with Crippen molar-refractivity contribution >= 4 is 22.8 Å². The smallest absolute Gasteiger partial charge is 0.339 e. The quantitative estimate of drug-likeness (QED) is 0.519. The van der Waals surface area contributed by atoms with Crippen molar-refractivity contribution in [3.63, 3.8) is 0 Å². The van der Waals surface area contributed by atoms with E-state index < -0.39 is 34.4 Å². The SMILES string of the molecule is C=C1CC23CC1(O)CCC2C1=CCC2C(O)C(=O)C2(C)C1C3C(=O)On1nnc2ccccc21. The highest BCUT2D eigenvalue weighted by molar-refractivity contribution is 5.97. The molecule has 1 spiro atoms. The normalized spacial score (nSPS) is 44.2. The fourth-order valence-electron chi connectivity index (χ4n) is 8.48. The number of fused-ring (bicyclic) bond motifs is 6. The molecule has 5 aliphatic carbocycles. The number of carbonyl (C=O) groups excluding carboxylic acids is 2. The van der Waals surface area contributed by atoms with Gasteiger partial charge in [0.2, 0.25) is 0 Å². The molecule has 0 aliphatic heterocycles. The summed E-state index contributed by atoms with van der Waals surface area (Å²) in [6, 6.07) is 7.24. The maximum Gasteiger partial charge on any atom is 0.339 e. The van der Waals surface area contributed by atoms with Gasteiger partial charge < -0.3 is 15.1 Å². The molecule has 1 heterocycles. The molecule has 5 aliphatic rings. The molecule has 2 aromatic rings. The molecule has 1 aromatic heterocycles. The van der Waals surface area contributed by atoms with Crippen molar-refractivity contribution in [3.05, 3.63) is 48.1 Å². The number of allylic oxidation sites excluding steroid dienone is 2. The average molecular weight is 462 g/mol. The lowest BCUT2D eigenvalue weighted by atomic mass is 9.46. The molecule has 8 nitrogen and oxygen atoms in total. The van der Waals surface area contributed by atoms with Crippen LogP contribution in [0.3, 0.4) is 0 Å². The minimum atomic E-state index is -0.994. The molecule has 8 atom stereocenters. The van der Waals surface area contributed by atoms with Gasteiger partial charge in [-0.15, -0.1) is 5.10 Å². The fourth-order valence-corrected chi connectivity index (χ4v) is 8.48. The molecule has 8 heteroatoms. The predicted molar refractivity (Wildman–Crippen MR) is 120 cm³/mol. The number of nitrogens with zero attached hydrogens (tertiary/aromatic N) is 3. The van der Waals surface area contributed by atoms with E-state index in [4.69, 9.17) is 4.84 Å². The molecule has 1 aromatic carbocycles. The number of rotatable bonds is 2. The van der Waals surface area contributed by atoms with Crippen LogP contribution >= 0.6 is 0 Å². The van der Waals surface area contributed by atoms with Crippen LogP contribution in [0, 0.1) is 34.5 Å². The van der Waals surface area contributed by atoms with E-state index in [0.29, 0.717) is 36.7 Å². The monoisotopic (exact) mass is 461 g/mol. The van der Waals surface area contributed by atoms with E-state index in [1.54, 1.807) is 12.1 Å². The molecule has 7 rings (SSSR count). The van der Waals surface area contributed by atoms with Crippen LogP contribution in [-0.4, -0.2) is 48.8 Å². The van der Waals surface area contributed by atoms with Crippen molar-refractivity contribution in [2.24, 2.45) is 34.5 Å². The Bertz CT molecular complexity index is 1330. The Kier molecular flexibility index (Phi) is 3.76. The number of Topliss-reactive ketones (excluding diaryl/α,β-unsaturated/α-hetero) is 1. The molecule has 8 unspecified atom stereocenters. The lowest BCUT2D eigenvalue weighted by Crippen LogP contribution is -2.66. The summed E-state index contributed by atoms with van der Waals surface area (Å²) in [5.74, 6) is -1.82. The first kappa shape index (κ1) is 20.5. The standard InChI is InChI=1S/C26H27N3O5/c1-13-11-25-12-26(13,33)10-9-15(25)14-7-8-16-21(30)22(31)24(16,2)19(14)20(25)23(32)34-29-18-6-4-3-5-17(18)27-28-29/h3-7,15-16,19-21,30,33H,1,8-12H2,2H3. The zero-order chi connectivity index (χ0) is 23.6. The topological polar surface area (TPSA) is 115 Å². The highest BCUT2D eigenvalue weighted by Gasteiger charge is 2.76. The van der Waals surface area contributed by atoms with Gasteiger partial charge >= 0.3 is 5.97 Å². The van der Waals surface area contributed by atoms with Crippen LogP contribution in [0.4, 0.5) is 0 Å². The van der Waals surface area contributed by atoms with Crippen LogP contribution in [-0.2, 0) is 9.59 Å². The highest BCUT2D eigenvalue weighted by Crippen LogP contribution is 2.75. The van der Waals surface area contributed by atoms with E-state index in [2.05, 4.69) is 23.0 Å². The number of aliphatic hydroxyl groups is 2. The summed E-state index contributed by atoms with van der Waals surface area (Å²) in [5.41, 5.74) is 0.700. The second-order valence-corrected chi connectivity index (χ2v) is 11.3. The van der Waals surface area contributed by atoms with Crippen LogP contribution in [0.5, 0.6) is 0 Å². The molecule has 4 saturated carbocycles. The molecule has 0 radical (unpaired) electrons. The van der Waals surface area contributed by atoms with Crippen molar-refractivity contribution in [3.8, 4) is 0 Å². The van der Waals surface area contributed by atoms with Gasteiger partial charge in [0, 0.05) is 17.3 Å². The van der Waals surface area contributed by atoms with Gasteiger partial charge in [0.05, 0.1) is 11.5 Å². The summed E-state index contributed by atoms with van der Waals surface area (Å²) in [6.45, 7) is 6.09. The number of para-hydroxylation sites is 1. The Morgan fingerprint density at radius 3 is 2.94 bits per heavy atom. The molecule has 0 saturated heterocycles. The highest BCUT2D eigenvalue weighted by atomic mass is 16.7. The van der Waals surface area contributed by atoms with Crippen molar-refractivity contribution in [2.75, 3.05) is 0 Å². The number of carbonyl (C=O) groups is 2. The third-order valence-electron chi connectivity index (χ3n) is 10.0. The molecular formula is C26H27N3O5. The first-order chi connectivity index (χ1) is 16.2. The Balaban J connectivity index is 1.37. The zero-order valence-electron chi connectivity index (χ0n) is 19.0. The van der Waals surface area contributed by atoms with Gasteiger partial charge in [0.1, 0.15) is 17.1 Å².